The predicted molar refractivity (Wildman–Crippen MR) is 69.2 cm³/mol. The average Bonchev–Trinajstić information content (AvgIpc) is 2.07. The Morgan fingerprint density at radius 3 is 1.12 bits per heavy atom. The summed E-state index contributed by atoms with van der Waals surface area (Å²) in [6, 6.07) is 0. The number of hydrogen-bond donors (Lipinski definition) is 2. The quantitative estimate of drug-likeness (QED) is 0.726. The highest BCUT2D eigenvalue weighted by Gasteiger charge is 2.13. The molecule has 0 saturated carbocycles. The molecule has 0 aromatic heterocycles. The van der Waals surface area contributed by atoms with Crippen molar-refractivity contribution in [2.75, 3.05) is 0 Å². The minimum atomic E-state index is -0.835. The van der Waals surface area contributed by atoms with Gasteiger partial charge in [-0.15, -0.1) is 0 Å². The van der Waals surface area contributed by atoms with Gasteiger partial charge in [0.15, 0.2) is 0 Å². The molecule has 2 nitrogen and oxygen atoms in total. The van der Waals surface area contributed by atoms with Crippen molar-refractivity contribution in [3.8, 4) is 0 Å². The Morgan fingerprint density at radius 2 is 0.938 bits per heavy atom. The molecule has 0 fully saturated rings. The first-order valence-electron chi connectivity index (χ1n) is 5.76. The van der Waals surface area contributed by atoms with E-state index in [1.165, 1.54) is 0 Å². The third kappa shape index (κ3) is 8.69. The summed E-state index contributed by atoms with van der Waals surface area (Å²) in [7, 11) is 0. The van der Waals surface area contributed by atoms with E-state index < -0.39 is 12.2 Å². The van der Waals surface area contributed by atoms with Crippen LogP contribution in [0, 0.1) is 10.8 Å². The third-order valence-electron chi connectivity index (χ3n) is 1.94. The van der Waals surface area contributed by atoms with Crippen LogP contribution in [0.3, 0.4) is 0 Å². The lowest BCUT2D eigenvalue weighted by atomic mass is 9.93. The molecule has 0 unspecified atom stereocenters. The molecule has 2 heteroatoms. The van der Waals surface area contributed by atoms with E-state index in [2.05, 4.69) is 0 Å². The van der Waals surface area contributed by atoms with Gasteiger partial charge in [-0.05, 0) is 10.8 Å². The molecule has 0 aliphatic rings. The van der Waals surface area contributed by atoms with Crippen molar-refractivity contribution in [1.29, 1.82) is 0 Å². The van der Waals surface area contributed by atoms with Gasteiger partial charge in [-0.25, -0.2) is 0 Å². The summed E-state index contributed by atoms with van der Waals surface area (Å²) in [4.78, 5) is 0. The largest absolute Gasteiger partial charge is 0.386 e. The average molecular weight is 226 g/mol. The van der Waals surface area contributed by atoms with Crippen LogP contribution in [0.4, 0.5) is 0 Å². The van der Waals surface area contributed by atoms with E-state index in [1.807, 2.05) is 53.7 Å². The molecule has 0 aliphatic heterocycles. The van der Waals surface area contributed by atoms with Crippen molar-refractivity contribution >= 4 is 0 Å². The van der Waals surface area contributed by atoms with Gasteiger partial charge in [-0.2, -0.15) is 0 Å². The first kappa shape index (κ1) is 15.4. The maximum atomic E-state index is 9.69. The minimum absolute atomic E-state index is 0.0223. The van der Waals surface area contributed by atoms with Gasteiger partial charge in [0.05, 0.1) is 0 Å². The van der Waals surface area contributed by atoms with Crippen molar-refractivity contribution in [2.24, 2.45) is 10.8 Å². The van der Waals surface area contributed by atoms with Crippen molar-refractivity contribution in [3.63, 3.8) is 0 Å². The van der Waals surface area contributed by atoms with Gasteiger partial charge < -0.3 is 10.2 Å². The molecule has 0 spiro atoms. The van der Waals surface area contributed by atoms with Crippen LogP contribution in [0.25, 0.3) is 0 Å². The highest BCUT2D eigenvalue weighted by atomic mass is 16.3. The molecule has 0 heterocycles. The standard InChI is InChI=1S/C14H26O2/c1-13(2,3)9-7-11(15)12(16)8-10-14(4,5)6/h7-12,15-16H,1-6H3/b9-7+,10-8+/t11-,12-/m1/s1. The fraction of sp³-hybridized carbons (Fsp3) is 0.714. The molecule has 0 aromatic rings. The number of allylic oxidation sites excluding steroid dienone is 2. The van der Waals surface area contributed by atoms with Gasteiger partial charge in [-0.3, -0.25) is 0 Å². The zero-order valence-corrected chi connectivity index (χ0v) is 11.4. The van der Waals surface area contributed by atoms with E-state index in [0.29, 0.717) is 0 Å². The highest BCUT2D eigenvalue weighted by molar-refractivity contribution is 5.05. The van der Waals surface area contributed by atoms with Crippen LogP contribution in [0.1, 0.15) is 41.5 Å². The van der Waals surface area contributed by atoms with Gasteiger partial charge in [-0.1, -0.05) is 65.8 Å². The SMILES string of the molecule is CC(C)(C)/C=C/[C@@H](O)[C@H](O)/C=C/C(C)(C)C. The molecule has 0 aliphatic carbocycles. The van der Waals surface area contributed by atoms with Gasteiger partial charge >= 0.3 is 0 Å². The van der Waals surface area contributed by atoms with Crippen molar-refractivity contribution in [2.45, 2.75) is 53.8 Å². The Hall–Kier alpha value is -0.600. The molecule has 0 radical (unpaired) electrons. The van der Waals surface area contributed by atoms with Crippen LogP contribution in [0.15, 0.2) is 24.3 Å². The lowest BCUT2D eigenvalue weighted by molar-refractivity contribution is 0.0797. The second kappa shape index (κ2) is 5.65. The van der Waals surface area contributed by atoms with E-state index in [1.54, 1.807) is 12.2 Å². The van der Waals surface area contributed by atoms with E-state index in [9.17, 15) is 10.2 Å². The van der Waals surface area contributed by atoms with E-state index >= 15 is 0 Å². The van der Waals surface area contributed by atoms with Gasteiger partial charge in [0.25, 0.3) is 0 Å². The summed E-state index contributed by atoms with van der Waals surface area (Å²) in [5, 5.41) is 19.4. The van der Waals surface area contributed by atoms with Crippen molar-refractivity contribution in [3.05, 3.63) is 24.3 Å². The second-order valence-electron chi connectivity index (χ2n) is 6.43. The van der Waals surface area contributed by atoms with Gasteiger partial charge in [0.1, 0.15) is 12.2 Å². The molecular weight excluding hydrogens is 200 g/mol. The number of rotatable bonds is 3. The summed E-state index contributed by atoms with van der Waals surface area (Å²) < 4.78 is 0. The monoisotopic (exact) mass is 226 g/mol. The summed E-state index contributed by atoms with van der Waals surface area (Å²) in [6.07, 6.45) is 5.45. The van der Waals surface area contributed by atoms with Crippen molar-refractivity contribution < 1.29 is 10.2 Å². The lowest BCUT2D eigenvalue weighted by Gasteiger charge is -2.17. The Morgan fingerprint density at radius 1 is 0.688 bits per heavy atom. The molecule has 16 heavy (non-hydrogen) atoms. The predicted octanol–water partition coefficient (Wildman–Crippen LogP) is 2.91. The molecule has 2 atom stereocenters. The topological polar surface area (TPSA) is 40.5 Å². The Bertz CT molecular complexity index is 223. The second-order valence-corrected chi connectivity index (χ2v) is 6.43. The Labute approximate surface area is 99.7 Å². The van der Waals surface area contributed by atoms with Crippen LogP contribution in [0.5, 0.6) is 0 Å². The first-order chi connectivity index (χ1) is 7.01. The van der Waals surface area contributed by atoms with E-state index in [0.717, 1.165) is 0 Å². The molecular formula is C14H26O2. The first-order valence-corrected chi connectivity index (χ1v) is 5.76. The van der Waals surface area contributed by atoms with Crippen LogP contribution >= 0.6 is 0 Å². The van der Waals surface area contributed by atoms with Crippen LogP contribution in [-0.4, -0.2) is 22.4 Å². The smallest absolute Gasteiger partial charge is 0.102 e. The number of hydrogen-bond acceptors (Lipinski definition) is 2. The summed E-state index contributed by atoms with van der Waals surface area (Å²) in [6.45, 7) is 12.3. The molecule has 0 saturated heterocycles. The zero-order valence-electron chi connectivity index (χ0n) is 11.4. The number of aliphatic hydroxyl groups is 2. The van der Waals surface area contributed by atoms with E-state index in [-0.39, 0.29) is 10.8 Å². The fourth-order valence-electron chi connectivity index (χ4n) is 1.00. The molecule has 0 amide bonds. The van der Waals surface area contributed by atoms with Gasteiger partial charge in [0.2, 0.25) is 0 Å². The molecule has 94 valence electrons. The maximum Gasteiger partial charge on any atom is 0.102 e. The molecule has 0 aromatic carbocycles. The van der Waals surface area contributed by atoms with Crippen molar-refractivity contribution in [1.82, 2.24) is 0 Å². The van der Waals surface area contributed by atoms with Crippen LogP contribution < -0.4 is 0 Å². The molecule has 2 N–H and O–H groups in total. The Kier molecular flexibility index (Phi) is 5.43. The van der Waals surface area contributed by atoms with E-state index in [4.69, 9.17) is 0 Å². The molecule has 0 rings (SSSR count). The minimum Gasteiger partial charge on any atom is -0.386 e. The van der Waals surface area contributed by atoms with Crippen LogP contribution in [-0.2, 0) is 0 Å². The summed E-state index contributed by atoms with van der Waals surface area (Å²) in [5.74, 6) is 0. The summed E-state index contributed by atoms with van der Waals surface area (Å²) in [5.41, 5.74) is 0.0445. The lowest BCUT2D eigenvalue weighted by Crippen LogP contribution is -2.22. The third-order valence-corrected chi connectivity index (χ3v) is 1.94. The van der Waals surface area contributed by atoms with Gasteiger partial charge in [0, 0.05) is 0 Å². The number of aliphatic hydroxyl groups excluding tert-OH is 2. The summed E-state index contributed by atoms with van der Waals surface area (Å²) >= 11 is 0. The normalized spacial score (nSPS) is 18.2. The highest BCUT2D eigenvalue weighted by Crippen LogP contribution is 2.17. The maximum absolute atomic E-state index is 9.69. The zero-order chi connectivity index (χ0) is 13.0. The van der Waals surface area contributed by atoms with Crippen LogP contribution in [0.2, 0.25) is 0 Å². The molecule has 0 bridgehead atoms. The Balaban J connectivity index is 4.36. The fourth-order valence-corrected chi connectivity index (χ4v) is 1.00.